The Morgan fingerprint density at radius 1 is 0.771 bits per heavy atom. The molecule has 35 heavy (non-hydrogen) atoms. The fourth-order valence-electron chi connectivity index (χ4n) is 6.05. The molecular weight excluding hydrogens is 440 g/mol. The second-order valence-corrected chi connectivity index (χ2v) is 9.06. The number of hydrogen-bond donors (Lipinski definition) is 0. The van der Waals surface area contributed by atoms with E-state index < -0.39 is 11.8 Å². The molecule has 1 heterocycles. The summed E-state index contributed by atoms with van der Waals surface area (Å²) in [7, 11) is 0. The Labute approximate surface area is 204 Å². The SMILES string of the molecule is CCOc1ccc(/C=N\N2C(=O)[C@@H]3C4c5ccccc5C(c5ccccc54)[C@H]3C2=O)c(OCC)c1. The minimum Gasteiger partial charge on any atom is -0.494 e. The van der Waals surface area contributed by atoms with E-state index in [1.165, 1.54) is 6.21 Å². The second kappa shape index (κ2) is 8.38. The normalized spacial score (nSPS) is 23.9. The first kappa shape index (κ1) is 21.6. The van der Waals surface area contributed by atoms with Crippen LogP contribution in [0.5, 0.6) is 11.5 Å². The van der Waals surface area contributed by atoms with Crippen LogP contribution < -0.4 is 9.47 Å². The van der Waals surface area contributed by atoms with E-state index in [9.17, 15) is 9.59 Å². The average Bonchev–Trinajstić information content (AvgIpc) is 3.14. The zero-order valence-electron chi connectivity index (χ0n) is 19.7. The maximum absolute atomic E-state index is 13.7. The molecule has 0 N–H and O–H groups in total. The Bertz CT molecular complexity index is 1250. The first-order valence-corrected chi connectivity index (χ1v) is 12.1. The van der Waals surface area contributed by atoms with Gasteiger partial charge in [-0.3, -0.25) is 9.59 Å². The summed E-state index contributed by atoms with van der Waals surface area (Å²) in [4.78, 5) is 27.3. The van der Waals surface area contributed by atoms with Crippen LogP contribution in [-0.2, 0) is 9.59 Å². The van der Waals surface area contributed by atoms with Crippen molar-refractivity contribution < 1.29 is 19.1 Å². The molecule has 2 amide bonds. The van der Waals surface area contributed by atoms with Crippen LogP contribution in [0.2, 0.25) is 0 Å². The number of amides is 2. The highest BCUT2D eigenvalue weighted by atomic mass is 16.5. The number of carbonyl (C=O) groups is 2. The Balaban J connectivity index is 1.38. The van der Waals surface area contributed by atoms with Crippen molar-refractivity contribution in [2.75, 3.05) is 13.2 Å². The van der Waals surface area contributed by atoms with Gasteiger partial charge in [-0.15, -0.1) is 0 Å². The summed E-state index contributed by atoms with van der Waals surface area (Å²) < 4.78 is 11.3. The Hall–Kier alpha value is -3.93. The van der Waals surface area contributed by atoms with Crippen molar-refractivity contribution >= 4 is 18.0 Å². The van der Waals surface area contributed by atoms with E-state index in [4.69, 9.17) is 9.47 Å². The summed E-state index contributed by atoms with van der Waals surface area (Å²) in [6, 6.07) is 21.9. The molecular formula is C29H26N2O4. The zero-order valence-corrected chi connectivity index (χ0v) is 19.7. The number of hydrazone groups is 1. The van der Waals surface area contributed by atoms with Crippen molar-refractivity contribution in [1.82, 2.24) is 5.01 Å². The lowest BCUT2D eigenvalue weighted by atomic mass is 9.55. The number of hydrogen-bond acceptors (Lipinski definition) is 5. The topological polar surface area (TPSA) is 68.2 Å². The number of carbonyl (C=O) groups excluding carboxylic acids is 2. The molecule has 3 aromatic carbocycles. The first-order chi connectivity index (χ1) is 17.1. The predicted octanol–water partition coefficient (Wildman–Crippen LogP) is 4.71. The van der Waals surface area contributed by atoms with Crippen molar-refractivity contribution in [2.24, 2.45) is 16.9 Å². The van der Waals surface area contributed by atoms with Gasteiger partial charge < -0.3 is 9.47 Å². The number of imide groups is 1. The molecule has 1 saturated heterocycles. The third-order valence-corrected chi connectivity index (χ3v) is 7.33. The summed E-state index contributed by atoms with van der Waals surface area (Å²) in [6.07, 6.45) is 1.54. The highest BCUT2D eigenvalue weighted by Crippen LogP contribution is 2.60. The lowest BCUT2D eigenvalue weighted by molar-refractivity contribution is -0.139. The van der Waals surface area contributed by atoms with E-state index in [-0.39, 0.29) is 23.7 Å². The molecule has 0 saturated carbocycles. The van der Waals surface area contributed by atoms with Gasteiger partial charge in [-0.2, -0.15) is 10.1 Å². The molecule has 0 radical (unpaired) electrons. The minimum atomic E-state index is -0.443. The molecule has 0 spiro atoms. The summed E-state index contributed by atoms with van der Waals surface area (Å²) in [6.45, 7) is 4.84. The first-order valence-electron chi connectivity index (χ1n) is 12.1. The number of rotatable bonds is 6. The standard InChI is InChI=1S/C29H26N2O4/c1-3-34-18-14-13-17(23(15-18)35-4-2)16-30-31-28(32)26-24-19-9-5-6-10-20(19)25(27(26)29(31)33)22-12-8-7-11-21(22)24/h5-16,24-27H,3-4H2,1-2H3/b30-16-/t24?,25?,26-,27-/m1/s1. The van der Waals surface area contributed by atoms with Gasteiger partial charge in [0.2, 0.25) is 0 Å². The van der Waals surface area contributed by atoms with Gasteiger partial charge in [0.05, 0.1) is 31.3 Å². The third kappa shape index (κ3) is 3.20. The third-order valence-electron chi connectivity index (χ3n) is 7.33. The molecule has 3 aromatic rings. The molecule has 7 rings (SSSR count). The van der Waals surface area contributed by atoms with Crippen molar-refractivity contribution in [1.29, 1.82) is 0 Å². The van der Waals surface area contributed by atoms with Gasteiger partial charge >= 0.3 is 0 Å². The number of benzene rings is 3. The smallest absolute Gasteiger partial charge is 0.254 e. The minimum absolute atomic E-state index is 0.140. The van der Waals surface area contributed by atoms with Crippen LogP contribution in [0.1, 0.15) is 53.5 Å². The Morgan fingerprint density at radius 3 is 1.77 bits per heavy atom. The van der Waals surface area contributed by atoms with Gasteiger partial charge in [-0.05, 0) is 48.2 Å². The van der Waals surface area contributed by atoms with Gasteiger partial charge in [0.15, 0.2) is 0 Å². The largest absolute Gasteiger partial charge is 0.494 e. The van der Waals surface area contributed by atoms with Crippen LogP contribution in [0.25, 0.3) is 0 Å². The van der Waals surface area contributed by atoms with Crippen LogP contribution >= 0.6 is 0 Å². The van der Waals surface area contributed by atoms with Crippen molar-refractivity contribution in [3.05, 3.63) is 94.5 Å². The highest BCUT2D eigenvalue weighted by Gasteiger charge is 2.61. The van der Waals surface area contributed by atoms with Crippen LogP contribution in [-0.4, -0.2) is 36.3 Å². The molecule has 6 nitrogen and oxygen atoms in total. The summed E-state index contributed by atoms with van der Waals surface area (Å²) in [5.74, 6) is -0.351. The molecule has 2 atom stereocenters. The van der Waals surface area contributed by atoms with E-state index in [0.717, 1.165) is 27.3 Å². The van der Waals surface area contributed by atoms with E-state index in [2.05, 4.69) is 29.4 Å². The van der Waals surface area contributed by atoms with E-state index in [1.54, 1.807) is 6.07 Å². The second-order valence-electron chi connectivity index (χ2n) is 9.06. The zero-order chi connectivity index (χ0) is 24.1. The fraction of sp³-hybridized carbons (Fsp3) is 0.276. The fourth-order valence-corrected chi connectivity index (χ4v) is 6.05. The maximum atomic E-state index is 13.7. The predicted molar refractivity (Wildman–Crippen MR) is 132 cm³/mol. The van der Waals surface area contributed by atoms with E-state index in [1.807, 2.05) is 50.2 Å². The molecule has 2 bridgehead atoms. The van der Waals surface area contributed by atoms with E-state index in [0.29, 0.717) is 30.3 Å². The molecule has 0 aromatic heterocycles. The van der Waals surface area contributed by atoms with Crippen LogP contribution in [0.3, 0.4) is 0 Å². The summed E-state index contributed by atoms with van der Waals surface area (Å²) in [5, 5.41) is 5.49. The molecule has 1 fully saturated rings. The molecule has 4 aliphatic rings. The highest BCUT2D eigenvalue weighted by molar-refractivity contribution is 6.08. The van der Waals surface area contributed by atoms with Crippen LogP contribution in [0.15, 0.2) is 71.8 Å². The maximum Gasteiger partial charge on any atom is 0.254 e. The van der Waals surface area contributed by atoms with Crippen LogP contribution in [0.4, 0.5) is 0 Å². The summed E-state index contributed by atoms with van der Waals surface area (Å²) in [5.41, 5.74) is 5.27. The lowest BCUT2D eigenvalue weighted by Gasteiger charge is -2.45. The van der Waals surface area contributed by atoms with Crippen molar-refractivity contribution in [3.63, 3.8) is 0 Å². The number of nitrogens with zero attached hydrogens (tertiary/aromatic N) is 2. The van der Waals surface area contributed by atoms with Gasteiger partial charge in [0.25, 0.3) is 11.8 Å². The Kier molecular flexibility index (Phi) is 5.17. The monoisotopic (exact) mass is 466 g/mol. The molecule has 0 unspecified atom stereocenters. The van der Waals surface area contributed by atoms with E-state index >= 15 is 0 Å². The molecule has 176 valence electrons. The van der Waals surface area contributed by atoms with Gasteiger partial charge in [-0.1, -0.05) is 48.5 Å². The van der Waals surface area contributed by atoms with Gasteiger partial charge in [0.1, 0.15) is 11.5 Å². The molecule has 6 heteroatoms. The summed E-state index contributed by atoms with van der Waals surface area (Å²) >= 11 is 0. The lowest BCUT2D eigenvalue weighted by Crippen LogP contribution is -2.41. The molecule has 3 aliphatic carbocycles. The average molecular weight is 467 g/mol. The number of ether oxygens (including phenoxy) is 2. The molecule has 1 aliphatic heterocycles. The van der Waals surface area contributed by atoms with Gasteiger partial charge in [-0.25, -0.2) is 0 Å². The van der Waals surface area contributed by atoms with Crippen LogP contribution in [0, 0.1) is 11.8 Å². The van der Waals surface area contributed by atoms with Gasteiger partial charge in [0, 0.05) is 23.5 Å². The Morgan fingerprint density at radius 2 is 1.29 bits per heavy atom. The van der Waals surface area contributed by atoms with Crippen molar-refractivity contribution in [2.45, 2.75) is 25.7 Å². The quantitative estimate of drug-likeness (QED) is 0.390. The van der Waals surface area contributed by atoms with Crippen molar-refractivity contribution in [3.8, 4) is 11.5 Å².